The summed E-state index contributed by atoms with van der Waals surface area (Å²) in [5.41, 5.74) is 5.90. The van der Waals surface area contributed by atoms with E-state index in [0.29, 0.717) is 6.54 Å². The Morgan fingerprint density at radius 3 is 2.23 bits per heavy atom. The SMILES string of the molecule is CC(CN1CCC1)S(=O)(=O)NC(=O)Nc1c2c(cc3c1CCC3)CCC2. The van der Waals surface area contributed by atoms with Gasteiger partial charge in [0.25, 0.3) is 0 Å². The summed E-state index contributed by atoms with van der Waals surface area (Å²) in [7, 11) is -3.68. The molecule has 6 nitrogen and oxygen atoms in total. The highest BCUT2D eigenvalue weighted by atomic mass is 32.2. The van der Waals surface area contributed by atoms with Crippen molar-refractivity contribution < 1.29 is 13.2 Å². The van der Waals surface area contributed by atoms with Crippen molar-refractivity contribution in [2.75, 3.05) is 25.0 Å². The summed E-state index contributed by atoms with van der Waals surface area (Å²) in [5.74, 6) is 0. The number of nitrogens with zero attached hydrogens (tertiary/aromatic N) is 1. The Hall–Kier alpha value is -1.60. The van der Waals surface area contributed by atoms with Crippen molar-refractivity contribution in [3.05, 3.63) is 28.3 Å². The molecule has 1 fully saturated rings. The number of fused-ring (bicyclic) bond motifs is 2. The van der Waals surface area contributed by atoms with Gasteiger partial charge < -0.3 is 10.2 Å². The number of aryl methyl sites for hydroxylation is 2. The average Bonchev–Trinajstić information content (AvgIpc) is 3.18. The second-order valence-corrected chi connectivity index (χ2v) is 9.90. The number of benzene rings is 1. The summed E-state index contributed by atoms with van der Waals surface area (Å²) < 4.78 is 27.2. The Morgan fingerprint density at radius 2 is 1.69 bits per heavy atom. The van der Waals surface area contributed by atoms with Gasteiger partial charge in [-0.1, -0.05) is 6.07 Å². The number of rotatable bonds is 5. The number of sulfonamides is 1. The summed E-state index contributed by atoms with van der Waals surface area (Å²) in [6.45, 7) is 4.01. The smallest absolute Gasteiger partial charge is 0.307 e. The highest BCUT2D eigenvalue weighted by Gasteiger charge is 2.29. The van der Waals surface area contributed by atoms with Crippen LogP contribution in [0.15, 0.2) is 6.07 Å². The van der Waals surface area contributed by atoms with Crippen LogP contribution in [-0.2, 0) is 35.7 Å². The van der Waals surface area contributed by atoms with Crippen molar-refractivity contribution >= 4 is 21.7 Å². The van der Waals surface area contributed by atoms with Crippen LogP contribution in [0.3, 0.4) is 0 Å². The molecule has 26 heavy (non-hydrogen) atoms. The molecule has 0 saturated carbocycles. The third kappa shape index (κ3) is 3.34. The monoisotopic (exact) mass is 377 g/mol. The zero-order chi connectivity index (χ0) is 18.3. The minimum absolute atomic E-state index is 0.471. The lowest BCUT2D eigenvalue weighted by Gasteiger charge is -2.32. The van der Waals surface area contributed by atoms with Gasteiger partial charge in [0.1, 0.15) is 0 Å². The zero-order valence-electron chi connectivity index (χ0n) is 15.3. The second-order valence-electron chi connectivity index (χ2n) is 7.80. The minimum atomic E-state index is -3.68. The van der Waals surface area contributed by atoms with Crippen molar-refractivity contribution in [3.63, 3.8) is 0 Å². The van der Waals surface area contributed by atoms with E-state index >= 15 is 0 Å². The minimum Gasteiger partial charge on any atom is -0.307 e. The van der Waals surface area contributed by atoms with Gasteiger partial charge in [0.2, 0.25) is 10.0 Å². The molecular formula is C19H27N3O3S. The second kappa shape index (κ2) is 6.85. The Kier molecular flexibility index (Phi) is 4.69. The lowest BCUT2D eigenvalue weighted by Crippen LogP contribution is -2.48. The van der Waals surface area contributed by atoms with Gasteiger partial charge in [-0.25, -0.2) is 17.9 Å². The Balaban J connectivity index is 1.48. The molecule has 0 aromatic heterocycles. The first-order valence-corrected chi connectivity index (χ1v) is 11.2. The molecule has 0 radical (unpaired) electrons. The average molecular weight is 378 g/mol. The lowest BCUT2D eigenvalue weighted by atomic mass is 9.99. The molecular weight excluding hydrogens is 350 g/mol. The molecule has 0 bridgehead atoms. The lowest BCUT2D eigenvalue weighted by molar-refractivity contribution is 0.183. The number of amides is 2. The molecule has 0 spiro atoms. The summed E-state index contributed by atoms with van der Waals surface area (Å²) in [6, 6.07) is 1.66. The molecule has 4 rings (SSSR count). The summed E-state index contributed by atoms with van der Waals surface area (Å²) in [4.78, 5) is 14.6. The standard InChI is InChI=1S/C19H27N3O3S/c1-13(12-22-9-4-10-22)26(24,25)21-19(23)20-18-16-7-2-5-14(16)11-15-6-3-8-17(15)18/h11,13H,2-10,12H2,1H3,(H2,20,21,23). The first-order valence-electron chi connectivity index (χ1n) is 9.65. The summed E-state index contributed by atoms with van der Waals surface area (Å²) >= 11 is 0. The van der Waals surface area contributed by atoms with Crippen molar-refractivity contribution in [1.29, 1.82) is 0 Å². The first kappa shape index (κ1) is 17.8. The molecule has 7 heteroatoms. The number of hydrogen-bond donors (Lipinski definition) is 2. The number of carbonyl (C=O) groups is 1. The van der Waals surface area contributed by atoms with Crippen LogP contribution in [0.1, 0.15) is 48.4 Å². The van der Waals surface area contributed by atoms with Crippen LogP contribution in [0.25, 0.3) is 0 Å². The van der Waals surface area contributed by atoms with Gasteiger partial charge in [-0.3, -0.25) is 0 Å². The number of carbonyl (C=O) groups excluding carboxylic acids is 1. The quantitative estimate of drug-likeness (QED) is 0.825. The van der Waals surface area contributed by atoms with E-state index in [-0.39, 0.29) is 0 Å². The third-order valence-electron chi connectivity index (χ3n) is 5.94. The molecule has 1 aliphatic heterocycles. The Morgan fingerprint density at radius 1 is 1.08 bits per heavy atom. The van der Waals surface area contributed by atoms with E-state index in [0.717, 1.165) is 63.7 Å². The van der Waals surface area contributed by atoms with Crippen molar-refractivity contribution in [2.24, 2.45) is 0 Å². The van der Waals surface area contributed by atoms with E-state index < -0.39 is 21.3 Å². The number of hydrogen-bond acceptors (Lipinski definition) is 4. The van der Waals surface area contributed by atoms with Crippen LogP contribution >= 0.6 is 0 Å². The molecule has 3 aliphatic rings. The zero-order valence-corrected chi connectivity index (χ0v) is 16.1. The van der Waals surface area contributed by atoms with E-state index in [4.69, 9.17) is 0 Å². The molecule has 2 N–H and O–H groups in total. The fourth-order valence-corrected chi connectivity index (χ4v) is 5.28. The van der Waals surface area contributed by atoms with Crippen molar-refractivity contribution in [1.82, 2.24) is 9.62 Å². The van der Waals surface area contributed by atoms with Gasteiger partial charge >= 0.3 is 6.03 Å². The van der Waals surface area contributed by atoms with Gasteiger partial charge in [-0.05, 0) is 87.2 Å². The Bertz CT molecular complexity index is 799. The van der Waals surface area contributed by atoms with Gasteiger partial charge in [-0.2, -0.15) is 0 Å². The van der Waals surface area contributed by atoms with Crippen molar-refractivity contribution in [2.45, 2.75) is 57.1 Å². The van der Waals surface area contributed by atoms with Crippen LogP contribution in [-0.4, -0.2) is 44.2 Å². The molecule has 142 valence electrons. The summed E-state index contributed by atoms with van der Waals surface area (Å²) in [5, 5.41) is 2.28. The largest absolute Gasteiger partial charge is 0.332 e. The fraction of sp³-hybridized carbons (Fsp3) is 0.632. The predicted molar refractivity (Wildman–Crippen MR) is 102 cm³/mol. The maximum atomic E-state index is 12.5. The van der Waals surface area contributed by atoms with Gasteiger partial charge in [0.15, 0.2) is 0 Å². The molecule has 1 heterocycles. The van der Waals surface area contributed by atoms with Gasteiger partial charge in [0, 0.05) is 12.2 Å². The van der Waals surface area contributed by atoms with Crippen molar-refractivity contribution in [3.8, 4) is 0 Å². The molecule has 1 atom stereocenters. The number of nitrogens with one attached hydrogen (secondary N) is 2. The van der Waals surface area contributed by atoms with E-state index in [1.165, 1.54) is 22.3 Å². The topological polar surface area (TPSA) is 78.5 Å². The predicted octanol–water partition coefficient (Wildman–Crippen LogP) is 2.21. The number of urea groups is 1. The highest BCUT2D eigenvalue weighted by molar-refractivity contribution is 7.90. The molecule has 1 unspecified atom stereocenters. The highest BCUT2D eigenvalue weighted by Crippen LogP contribution is 2.38. The molecule has 2 aliphatic carbocycles. The first-order chi connectivity index (χ1) is 12.4. The molecule has 1 aromatic carbocycles. The Labute approximate surface area is 155 Å². The third-order valence-corrected chi connectivity index (χ3v) is 7.62. The van der Waals surface area contributed by atoms with Gasteiger partial charge in [-0.15, -0.1) is 0 Å². The number of likely N-dealkylation sites (tertiary alicyclic amines) is 1. The molecule has 1 saturated heterocycles. The maximum Gasteiger partial charge on any atom is 0.332 e. The van der Waals surface area contributed by atoms with Crippen LogP contribution in [0.2, 0.25) is 0 Å². The summed E-state index contributed by atoms with van der Waals surface area (Å²) in [6.07, 6.45) is 7.31. The van der Waals surface area contributed by atoms with E-state index in [9.17, 15) is 13.2 Å². The fourth-order valence-electron chi connectivity index (χ4n) is 4.36. The van der Waals surface area contributed by atoms with E-state index in [1.54, 1.807) is 6.92 Å². The van der Waals surface area contributed by atoms with Crippen LogP contribution in [0, 0.1) is 0 Å². The van der Waals surface area contributed by atoms with Gasteiger partial charge in [0.05, 0.1) is 5.25 Å². The normalized spacial score (nSPS) is 20.2. The van der Waals surface area contributed by atoms with Crippen LogP contribution < -0.4 is 10.0 Å². The van der Waals surface area contributed by atoms with Crippen LogP contribution in [0.4, 0.5) is 10.5 Å². The maximum absolute atomic E-state index is 12.5. The van der Waals surface area contributed by atoms with Crippen LogP contribution in [0.5, 0.6) is 0 Å². The number of anilines is 1. The van der Waals surface area contributed by atoms with E-state index in [1.807, 2.05) is 0 Å². The van der Waals surface area contributed by atoms with E-state index in [2.05, 4.69) is 21.0 Å². The molecule has 1 aromatic rings. The molecule has 2 amide bonds.